The number of hydrogen-bond acceptors (Lipinski definition) is 4. The Morgan fingerprint density at radius 1 is 1.07 bits per heavy atom. The van der Waals surface area contributed by atoms with Gasteiger partial charge in [0.15, 0.2) is 17.5 Å². The molecule has 0 bridgehead atoms. The van der Waals surface area contributed by atoms with Gasteiger partial charge in [0.05, 0.1) is 21.3 Å². The smallest absolute Gasteiger partial charge is 0.203 e. The summed E-state index contributed by atoms with van der Waals surface area (Å²) >= 11 is 0. The summed E-state index contributed by atoms with van der Waals surface area (Å²) in [4.78, 5) is 7.38. The van der Waals surface area contributed by atoms with Gasteiger partial charge in [-0.3, -0.25) is 4.99 Å². The molecule has 1 aliphatic heterocycles. The fraction of sp³-hybridized carbons (Fsp3) is 0.682. The summed E-state index contributed by atoms with van der Waals surface area (Å²) in [6.45, 7) is 6.00. The van der Waals surface area contributed by atoms with Gasteiger partial charge in [-0.15, -0.1) is 0 Å². The van der Waals surface area contributed by atoms with E-state index in [4.69, 9.17) is 19.2 Å². The van der Waals surface area contributed by atoms with Crippen LogP contribution in [0.5, 0.6) is 17.2 Å². The Kier molecular flexibility index (Phi) is 6.92. The molecule has 1 aromatic carbocycles. The lowest BCUT2D eigenvalue weighted by Crippen LogP contribution is -2.41. The molecule has 1 aliphatic carbocycles. The lowest BCUT2D eigenvalue weighted by Gasteiger charge is -2.26. The van der Waals surface area contributed by atoms with E-state index < -0.39 is 0 Å². The van der Waals surface area contributed by atoms with Gasteiger partial charge in [0, 0.05) is 31.7 Å². The molecule has 1 N–H and O–H groups in total. The van der Waals surface area contributed by atoms with Gasteiger partial charge in [0.2, 0.25) is 5.75 Å². The van der Waals surface area contributed by atoms with E-state index in [1.165, 1.54) is 32.1 Å². The van der Waals surface area contributed by atoms with Crippen molar-refractivity contribution >= 4 is 5.96 Å². The molecule has 3 rings (SSSR count). The van der Waals surface area contributed by atoms with E-state index in [2.05, 4.69) is 17.1 Å². The van der Waals surface area contributed by atoms with E-state index in [1.54, 1.807) is 21.3 Å². The molecule has 0 unspecified atom stereocenters. The quantitative estimate of drug-likeness (QED) is 0.571. The van der Waals surface area contributed by atoms with E-state index in [0.717, 1.165) is 43.3 Å². The highest BCUT2D eigenvalue weighted by Crippen LogP contribution is 2.45. The van der Waals surface area contributed by atoms with Crippen LogP contribution < -0.4 is 19.5 Å². The molecule has 0 radical (unpaired) electrons. The van der Waals surface area contributed by atoms with Crippen molar-refractivity contribution in [2.45, 2.75) is 45.4 Å². The van der Waals surface area contributed by atoms with E-state index in [1.807, 2.05) is 12.1 Å². The maximum Gasteiger partial charge on any atom is 0.203 e. The molecule has 2 fully saturated rings. The Bertz CT molecular complexity index is 684. The number of nitrogens with zero attached hydrogens (tertiary/aromatic N) is 2. The number of aliphatic imine (C=N–C) groups is 1. The molecule has 6 nitrogen and oxygen atoms in total. The first kappa shape index (κ1) is 20.6. The lowest BCUT2D eigenvalue weighted by atomic mass is 9.86. The monoisotopic (exact) mass is 389 g/mol. The minimum absolute atomic E-state index is 0.544. The second-order valence-corrected chi connectivity index (χ2v) is 7.86. The third kappa shape index (κ3) is 4.31. The predicted molar refractivity (Wildman–Crippen MR) is 113 cm³/mol. The number of rotatable bonds is 7. The topological polar surface area (TPSA) is 55.3 Å². The number of benzene rings is 1. The van der Waals surface area contributed by atoms with Crippen molar-refractivity contribution in [2.75, 3.05) is 47.5 Å². The van der Waals surface area contributed by atoms with Crippen molar-refractivity contribution in [1.82, 2.24) is 10.2 Å². The molecule has 156 valence electrons. The number of nitrogens with one attached hydrogen (secondary N) is 1. The molecular weight excluding hydrogens is 354 g/mol. The van der Waals surface area contributed by atoms with Gasteiger partial charge >= 0.3 is 0 Å². The average molecular weight is 390 g/mol. The molecule has 0 aromatic heterocycles. The van der Waals surface area contributed by atoms with Crippen LogP contribution in [0.25, 0.3) is 0 Å². The molecule has 1 saturated heterocycles. The van der Waals surface area contributed by atoms with Crippen LogP contribution in [0.15, 0.2) is 17.1 Å². The fourth-order valence-corrected chi connectivity index (χ4v) is 4.72. The molecule has 0 atom stereocenters. The Morgan fingerprint density at radius 3 is 2.46 bits per heavy atom. The van der Waals surface area contributed by atoms with Crippen molar-refractivity contribution in [1.29, 1.82) is 0 Å². The molecule has 6 heteroatoms. The molecule has 1 heterocycles. The molecule has 1 spiro atoms. The highest BCUT2D eigenvalue weighted by molar-refractivity contribution is 5.80. The molecule has 0 amide bonds. The van der Waals surface area contributed by atoms with Crippen molar-refractivity contribution in [3.63, 3.8) is 0 Å². The minimum atomic E-state index is 0.544. The molecule has 2 aliphatic rings. The number of guanidine groups is 1. The highest BCUT2D eigenvalue weighted by Gasteiger charge is 2.41. The maximum atomic E-state index is 5.60. The molecule has 1 saturated carbocycles. The van der Waals surface area contributed by atoms with Crippen LogP contribution in [0.2, 0.25) is 0 Å². The highest BCUT2D eigenvalue weighted by atomic mass is 16.5. The van der Waals surface area contributed by atoms with Gasteiger partial charge in [0.1, 0.15) is 0 Å². The number of ether oxygens (including phenoxy) is 3. The van der Waals surface area contributed by atoms with Crippen molar-refractivity contribution in [3.8, 4) is 17.2 Å². The normalized spacial score (nSPS) is 18.6. The van der Waals surface area contributed by atoms with Gasteiger partial charge in [0.25, 0.3) is 0 Å². The van der Waals surface area contributed by atoms with Crippen LogP contribution in [0.1, 0.15) is 44.6 Å². The van der Waals surface area contributed by atoms with Crippen LogP contribution in [-0.4, -0.2) is 58.4 Å². The van der Waals surface area contributed by atoms with Gasteiger partial charge in [-0.25, -0.2) is 0 Å². The number of hydrogen-bond donors (Lipinski definition) is 1. The minimum Gasteiger partial charge on any atom is -0.493 e. The predicted octanol–water partition coefficient (Wildman–Crippen LogP) is 3.49. The Balaban J connectivity index is 1.69. The summed E-state index contributed by atoms with van der Waals surface area (Å²) in [5, 5.41) is 3.49. The van der Waals surface area contributed by atoms with Crippen LogP contribution in [0.3, 0.4) is 0 Å². The van der Waals surface area contributed by atoms with Gasteiger partial charge in [-0.1, -0.05) is 18.9 Å². The SMILES string of the molecule is CCNC(=NCCc1ccc(OC)c(OC)c1OC)N1CCC2(CCCC2)C1. The zero-order chi connectivity index (χ0) is 20.0. The second-order valence-electron chi connectivity index (χ2n) is 7.86. The fourth-order valence-electron chi connectivity index (χ4n) is 4.72. The van der Waals surface area contributed by atoms with Gasteiger partial charge < -0.3 is 24.4 Å². The van der Waals surface area contributed by atoms with Gasteiger partial charge in [-0.2, -0.15) is 0 Å². The largest absolute Gasteiger partial charge is 0.493 e. The molecule has 28 heavy (non-hydrogen) atoms. The number of likely N-dealkylation sites (tertiary alicyclic amines) is 1. The van der Waals surface area contributed by atoms with Crippen LogP contribution in [0, 0.1) is 5.41 Å². The molecule has 1 aromatic rings. The first-order valence-electron chi connectivity index (χ1n) is 10.5. The Morgan fingerprint density at radius 2 is 1.82 bits per heavy atom. The standard InChI is InChI=1S/C22H35N3O3/c1-5-23-21(25-15-13-22(16-25)11-6-7-12-22)24-14-10-17-8-9-18(26-2)20(28-4)19(17)27-3/h8-9H,5-7,10-16H2,1-4H3,(H,23,24). The Labute approximate surface area is 169 Å². The Hall–Kier alpha value is -2.11. The summed E-state index contributed by atoms with van der Waals surface area (Å²) in [7, 11) is 4.94. The zero-order valence-electron chi connectivity index (χ0n) is 17.8. The van der Waals surface area contributed by atoms with E-state index >= 15 is 0 Å². The van der Waals surface area contributed by atoms with Crippen molar-refractivity contribution in [3.05, 3.63) is 17.7 Å². The average Bonchev–Trinajstić information content (AvgIpc) is 3.36. The third-order valence-corrected chi connectivity index (χ3v) is 6.17. The third-order valence-electron chi connectivity index (χ3n) is 6.17. The zero-order valence-corrected chi connectivity index (χ0v) is 17.8. The van der Waals surface area contributed by atoms with E-state index in [-0.39, 0.29) is 0 Å². The lowest BCUT2D eigenvalue weighted by molar-refractivity contribution is 0.309. The summed E-state index contributed by atoms with van der Waals surface area (Å²) in [5.41, 5.74) is 1.62. The van der Waals surface area contributed by atoms with Crippen LogP contribution in [0.4, 0.5) is 0 Å². The van der Waals surface area contributed by atoms with E-state index in [9.17, 15) is 0 Å². The summed E-state index contributed by atoms with van der Waals surface area (Å²) in [5.74, 6) is 3.10. The second kappa shape index (κ2) is 9.39. The van der Waals surface area contributed by atoms with Crippen molar-refractivity contribution in [2.24, 2.45) is 10.4 Å². The summed E-state index contributed by atoms with van der Waals surface area (Å²) in [6.07, 6.45) is 7.64. The first-order chi connectivity index (χ1) is 13.7. The van der Waals surface area contributed by atoms with Crippen LogP contribution >= 0.6 is 0 Å². The summed E-state index contributed by atoms with van der Waals surface area (Å²) in [6, 6.07) is 3.96. The van der Waals surface area contributed by atoms with Gasteiger partial charge in [-0.05, 0) is 44.1 Å². The number of methoxy groups -OCH3 is 3. The molecular formula is C22H35N3O3. The first-order valence-corrected chi connectivity index (χ1v) is 10.5. The van der Waals surface area contributed by atoms with E-state index in [0.29, 0.717) is 23.5 Å². The van der Waals surface area contributed by atoms with Crippen LogP contribution in [-0.2, 0) is 6.42 Å². The van der Waals surface area contributed by atoms with Crippen molar-refractivity contribution < 1.29 is 14.2 Å². The summed E-state index contributed by atoms with van der Waals surface area (Å²) < 4.78 is 16.5. The maximum absolute atomic E-state index is 5.60.